The van der Waals surface area contributed by atoms with E-state index in [1.807, 2.05) is 11.8 Å². The van der Waals surface area contributed by atoms with E-state index < -0.39 is 0 Å². The lowest BCUT2D eigenvalue weighted by molar-refractivity contribution is -0.126. The largest absolute Gasteiger partial charge is 0.353 e. The zero-order chi connectivity index (χ0) is 19.2. The molecule has 0 aromatic carbocycles. The SMILES string of the molecule is Cl.O=C(NC1CCCCCCCCCCC1)C1CSC23C=CC=CC2=NCCC13. The van der Waals surface area contributed by atoms with Gasteiger partial charge in [-0.1, -0.05) is 76.0 Å². The van der Waals surface area contributed by atoms with Crippen LogP contribution in [-0.4, -0.2) is 34.7 Å². The highest BCUT2D eigenvalue weighted by molar-refractivity contribution is 8.02. The molecule has 162 valence electrons. The maximum atomic E-state index is 13.3. The first-order chi connectivity index (χ1) is 13.8. The topological polar surface area (TPSA) is 41.5 Å². The van der Waals surface area contributed by atoms with Crippen LogP contribution in [0.3, 0.4) is 0 Å². The Morgan fingerprint density at radius 1 is 0.966 bits per heavy atom. The smallest absolute Gasteiger partial charge is 0.224 e. The molecule has 0 aromatic rings. The lowest BCUT2D eigenvalue weighted by atomic mass is 9.74. The Bertz CT molecular complexity index is 635. The molecule has 2 aliphatic carbocycles. The summed E-state index contributed by atoms with van der Waals surface area (Å²) < 4.78 is -0.0402. The van der Waals surface area contributed by atoms with Gasteiger partial charge in [-0.05, 0) is 31.3 Å². The molecule has 0 bridgehead atoms. The molecule has 3 nitrogen and oxygen atoms in total. The fraction of sp³-hybridized carbons (Fsp3) is 0.750. The highest BCUT2D eigenvalue weighted by Gasteiger charge is 2.54. The fourth-order valence-electron chi connectivity index (χ4n) is 5.54. The molecule has 4 aliphatic rings. The van der Waals surface area contributed by atoms with Gasteiger partial charge in [-0.15, -0.1) is 24.2 Å². The molecule has 5 heteroatoms. The van der Waals surface area contributed by atoms with Crippen molar-refractivity contribution in [2.24, 2.45) is 16.8 Å². The molecule has 1 amide bonds. The second-order valence-corrected chi connectivity index (χ2v) is 10.4. The van der Waals surface area contributed by atoms with Gasteiger partial charge in [0.2, 0.25) is 5.91 Å². The summed E-state index contributed by atoms with van der Waals surface area (Å²) in [5.74, 6) is 1.78. The number of hydrogen-bond donors (Lipinski definition) is 1. The van der Waals surface area contributed by atoms with E-state index >= 15 is 0 Å². The van der Waals surface area contributed by atoms with E-state index in [0.717, 1.165) is 31.6 Å². The third-order valence-corrected chi connectivity index (χ3v) is 8.81. The first-order valence-electron chi connectivity index (χ1n) is 11.6. The third-order valence-electron chi connectivity index (χ3n) is 7.16. The monoisotopic (exact) mass is 436 g/mol. The summed E-state index contributed by atoms with van der Waals surface area (Å²) in [5.41, 5.74) is 1.19. The van der Waals surface area contributed by atoms with Crippen molar-refractivity contribution in [3.05, 3.63) is 24.3 Å². The molecule has 3 atom stereocenters. The number of halogens is 1. The van der Waals surface area contributed by atoms with Crippen molar-refractivity contribution in [2.75, 3.05) is 12.3 Å². The highest BCUT2D eigenvalue weighted by atomic mass is 35.5. The first-order valence-corrected chi connectivity index (χ1v) is 12.6. The third kappa shape index (κ3) is 5.31. The van der Waals surface area contributed by atoms with Gasteiger partial charge in [0, 0.05) is 18.3 Å². The fourth-order valence-corrected chi connectivity index (χ4v) is 7.33. The molecule has 2 fully saturated rings. The maximum Gasteiger partial charge on any atom is 0.224 e. The van der Waals surface area contributed by atoms with Crippen LogP contribution in [0.15, 0.2) is 29.3 Å². The van der Waals surface area contributed by atoms with Crippen molar-refractivity contribution in [2.45, 2.75) is 87.8 Å². The van der Waals surface area contributed by atoms with Gasteiger partial charge >= 0.3 is 0 Å². The van der Waals surface area contributed by atoms with Crippen molar-refractivity contribution in [3.63, 3.8) is 0 Å². The number of amides is 1. The Morgan fingerprint density at radius 2 is 1.62 bits per heavy atom. The van der Waals surface area contributed by atoms with Crippen molar-refractivity contribution >= 4 is 35.8 Å². The van der Waals surface area contributed by atoms with E-state index in [-0.39, 0.29) is 23.1 Å². The molecular formula is C24H37ClN2OS. The van der Waals surface area contributed by atoms with Crippen LogP contribution in [0.1, 0.15) is 77.0 Å². The minimum atomic E-state index is -0.0402. The van der Waals surface area contributed by atoms with Gasteiger partial charge in [-0.3, -0.25) is 9.79 Å². The second kappa shape index (κ2) is 11.0. The minimum absolute atomic E-state index is 0. The van der Waals surface area contributed by atoms with Crippen LogP contribution >= 0.6 is 24.2 Å². The van der Waals surface area contributed by atoms with Crippen LogP contribution in [0.5, 0.6) is 0 Å². The molecule has 0 aromatic heterocycles. The number of hydrogen-bond acceptors (Lipinski definition) is 3. The van der Waals surface area contributed by atoms with Gasteiger partial charge in [-0.25, -0.2) is 0 Å². The standard InChI is InChI=1S/C24H36N2OS.ClH/c27-23(26-19-12-8-6-4-2-1-3-5-7-9-13-19)20-18-28-24-16-11-10-14-22(24)25-17-15-21(20)24;/h10-11,14,16,19-21H,1-9,12-13,15,17-18H2,(H,26,27);1H. The Morgan fingerprint density at radius 3 is 2.31 bits per heavy atom. The predicted molar refractivity (Wildman–Crippen MR) is 127 cm³/mol. The lowest BCUT2D eigenvalue weighted by Gasteiger charge is -2.38. The zero-order valence-electron chi connectivity index (χ0n) is 17.6. The van der Waals surface area contributed by atoms with E-state index in [1.165, 1.54) is 63.5 Å². The average molecular weight is 437 g/mol. The molecule has 2 heterocycles. The van der Waals surface area contributed by atoms with Gasteiger partial charge in [0.1, 0.15) is 0 Å². The number of nitrogens with one attached hydrogen (secondary N) is 1. The number of aliphatic imine (C=N–C) groups is 1. The molecule has 1 saturated heterocycles. The Balaban J connectivity index is 0.00000240. The normalized spacial score (nSPS) is 33.3. The first kappa shape index (κ1) is 22.9. The van der Waals surface area contributed by atoms with E-state index in [2.05, 4.69) is 29.6 Å². The number of nitrogens with zero attached hydrogens (tertiary/aromatic N) is 1. The quantitative estimate of drug-likeness (QED) is 0.586. The molecule has 3 unspecified atom stereocenters. The summed E-state index contributed by atoms with van der Waals surface area (Å²) in [6.07, 6.45) is 24.2. The Labute approximate surface area is 187 Å². The van der Waals surface area contributed by atoms with E-state index in [1.54, 1.807) is 0 Å². The van der Waals surface area contributed by atoms with Crippen molar-refractivity contribution in [1.82, 2.24) is 5.32 Å². The van der Waals surface area contributed by atoms with E-state index in [9.17, 15) is 4.79 Å². The molecule has 0 radical (unpaired) electrons. The number of rotatable bonds is 2. The molecule has 1 saturated carbocycles. The summed E-state index contributed by atoms with van der Waals surface area (Å²) in [5, 5.41) is 3.50. The summed E-state index contributed by atoms with van der Waals surface area (Å²) in [6.45, 7) is 0.869. The summed E-state index contributed by atoms with van der Waals surface area (Å²) in [6, 6.07) is 0.381. The maximum absolute atomic E-state index is 13.3. The van der Waals surface area contributed by atoms with Crippen molar-refractivity contribution in [1.29, 1.82) is 0 Å². The summed E-state index contributed by atoms with van der Waals surface area (Å²) in [7, 11) is 0. The zero-order valence-corrected chi connectivity index (χ0v) is 19.2. The molecule has 1 N–H and O–H groups in total. The van der Waals surface area contributed by atoms with Gasteiger partial charge in [-0.2, -0.15) is 0 Å². The second-order valence-electron chi connectivity index (χ2n) is 9.06. The van der Waals surface area contributed by atoms with Crippen LogP contribution < -0.4 is 5.32 Å². The van der Waals surface area contributed by atoms with E-state index in [0.29, 0.717) is 17.9 Å². The van der Waals surface area contributed by atoms with Crippen LogP contribution in [0, 0.1) is 11.8 Å². The summed E-state index contributed by atoms with van der Waals surface area (Å²) >= 11 is 1.95. The van der Waals surface area contributed by atoms with Gasteiger partial charge in [0.15, 0.2) is 0 Å². The van der Waals surface area contributed by atoms with Crippen LogP contribution in [-0.2, 0) is 4.79 Å². The number of carbonyl (C=O) groups is 1. The molecule has 4 rings (SSSR count). The minimum Gasteiger partial charge on any atom is -0.353 e. The lowest BCUT2D eigenvalue weighted by Crippen LogP contribution is -2.48. The van der Waals surface area contributed by atoms with Gasteiger partial charge < -0.3 is 5.32 Å². The molecule has 1 spiro atoms. The highest BCUT2D eigenvalue weighted by Crippen LogP contribution is 2.52. The van der Waals surface area contributed by atoms with Crippen molar-refractivity contribution < 1.29 is 4.79 Å². The van der Waals surface area contributed by atoms with Gasteiger partial charge in [0.05, 0.1) is 16.4 Å². The Hall–Kier alpha value is -0.740. The van der Waals surface area contributed by atoms with Crippen molar-refractivity contribution in [3.8, 4) is 0 Å². The van der Waals surface area contributed by atoms with Crippen LogP contribution in [0.25, 0.3) is 0 Å². The van der Waals surface area contributed by atoms with Gasteiger partial charge in [0.25, 0.3) is 0 Å². The molecular weight excluding hydrogens is 400 g/mol. The predicted octanol–water partition coefficient (Wildman–Crippen LogP) is 5.89. The molecule has 2 aliphatic heterocycles. The van der Waals surface area contributed by atoms with Crippen LogP contribution in [0.4, 0.5) is 0 Å². The van der Waals surface area contributed by atoms with Crippen LogP contribution in [0.2, 0.25) is 0 Å². The Kier molecular flexibility index (Phi) is 8.73. The van der Waals surface area contributed by atoms with E-state index in [4.69, 9.17) is 4.99 Å². The number of allylic oxidation sites excluding steroid dienone is 3. The summed E-state index contributed by atoms with van der Waals surface area (Å²) in [4.78, 5) is 18.1. The number of carbonyl (C=O) groups excluding carboxylic acids is 1. The number of thioether (sulfide) groups is 1. The average Bonchev–Trinajstić information content (AvgIpc) is 3.08. The molecule has 29 heavy (non-hydrogen) atoms.